The number of nitro groups is 2. The van der Waals surface area contributed by atoms with Gasteiger partial charge in [-0.25, -0.2) is 9.80 Å². The van der Waals surface area contributed by atoms with E-state index >= 15 is 0 Å². The molecule has 2 saturated heterocycles. The third-order valence-corrected chi connectivity index (χ3v) is 9.07. The van der Waals surface area contributed by atoms with Crippen molar-refractivity contribution >= 4 is 46.4 Å². The number of non-ortho nitro benzene ring substituents is 2. The summed E-state index contributed by atoms with van der Waals surface area (Å²) in [7, 11) is 0. The Morgan fingerprint density at radius 3 is 1.43 bits per heavy atom. The van der Waals surface area contributed by atoms with Gasteiger partial charge in [0.1, 0.15) is 0 Å². The number of nitrogens with zero attached hydrogens (tertiary/aromatic N) is 4. The summed E-state index contributed by atoms with van der Waals surface area (Å²) >= 11 is 0. The van der Waals surface area contributed by atoms with Crippen molar-refractivity contribution in [1.29, 1.82) is 0 Å². The monoisotopic (exact) mass is 564 g/mol. The third-order valence-electron chi connectivity index (χ3n) is 9.07. The average molecular weight is 565 g/mol. The molecular weight excluding hydrogens is 544 g/mol. The number of carbonyl (C=O) groups excluding carboxylic acids is 4. The van der Waals surface area contributed by atoms with Crippen LogP contribution in [0.5, 0.6) is 0 Å². The first-order valence-corrected chi connectivity index (χ1v) is 13.2. The highest BCUT2D eigenvalue weighted by molar-refractivity contribution is 6.27. The normalized spacial score (nSPS) is 29.2. The second kappa shape index (κ2) is 8.74. The van der Waals surface area contributed by atoms with Crippen LogP contribution < -0.4 is 9.80 Å². The van der Waals surface area contributed by atoms with Crippen molar-refractivity contribution < 1.29 is 29.0 Å². The molecule has 0 N–H and O–H groups in total. The Balaban J connectivity index is 1.37. The van der Waals surface area contributed by atoms with E-state index < -0.39 is 68.5 Å². The fraction of sp³-hybridized carbons (Fsp3) is 0.200. The molecule has 2 aliphatic heterocycles. The SMILES string of the molecule is O=C1[C@@H]2C3C=CC(c4ccccc4)([C@@H]2C(=O)N1c1ccc([N+](=O)[O-])cc1)[C@@H]1C(=O)N(c2ccc([N+](=O)[O-])cc2)C(=O)[C@@H]31. The van der Waals surface area contributed by atoms with E-state index in [1.807, 2.05) is 0 Å². The standard InChI is InChI=1S/C30H20N4O8/c35-26-22-21-14-15-30(16-4-2-1-3-5-16,24(22)28(37)31(26)17-6-10-19(11-7-17)33(39)40)25-23(21)27(36)32(29(25)38)18-8-12-20(13-9-18)34(41)42/h1-15,21-25H/t21?,22-,23+,24-,25-,30?/m0/s1. The Labute approximate surface area is 237 Å². The maximum Gasteiger partial charge on any atom is 0.269 e. The predicted molar refractivity (Wildman–Crippen MR) is 146 cm³/mol. The van der Waals surface area contributed by atoms with Gasteiger partial charge in [0.2, 0.25) is 23.6 Å². The van der Waals surface area contributed by atoms with Crippen LogP contribution in [0.15, 0.2) is 91.0 Å². The Bertz CT molecular complexity index is 1650. The molecule has 2 heterocycles. The molecule has 0 radical (unpaired) electrons. The van der Waals surface area contributed by atoms with Crippen LogP contribution in [0.2, 0.25) is 0 Å². The number of benzene rings is 3. The summed E-state index contributed by atoms with van der Waals surface area (Å²) in [5.74, 6) is -6.86. The van der Waals surface area contributed by atoms with Gasteiger partial charge in [0, 0.05) is 35.6 Å². The molecule has 2 bridgehead atoms. The first-order valence-electron chi connectivity index (χ1n) is 13.2. The van der Waals surface area contributed by atoms with E-state index in [2.05, 4.69) is 0 Å². The first-order chi connectivity index (χ1) is 20.2. The third kappa shape index (κ3) is 3.17. The molecule has 3 aromatic carbocycles. The zero-order valence-electron chi connectivity index (χ0n) is 21.6. The lowest BCUT2D eigenvalue weighted by Crippen LogP contribution is -2.60. The molecule has 42 heavy (non-hydrogen) atoms. The molecule has 12 heteroatoms. The number of carbonyl (C=O) groups is 4. The van der Waals surface area contributed by atoms with Crippen molar-refractivity contribution in [3.8, 4) is 0 Å². The lowest BCUT2D eigenvalue weighted by molar-refractivity contribution is -0.385. The molecule has 8 rings (SSSR count). The van der Waals surface area contributed by atoms with Crippen LogP contribution in [0.1, 0.15) is 5.56 Å². The number of rotatable bonds is 5. The molecule has 1 saturated carbocycles. The van der Waals surface area contributed by atoms with Gasteiger partial charge >= 0.3 is 0 Å². The Hall–Kier alpha value is -5.52. The van der Waals surface area contributed by atoms with Gasteiger partial charge in [-0.05, 0) is 29.8 Å². The summed E-state index contributed by atoms with van der Waals surface area (Å²) in [5, 5.41) is 22.3. The molecule has 3 aliphatic carbocycles. The Morgan fingerprint density at radius 2 is 1.02 bits per heavy atom. The number of amides is 4. The number of hydrogen-bond acceptors (Lipinski definition) is 8. The van der Waals surface area contributed by atoms with E-state index in [0.717, 1.165) is 9.80 Å². The van der Waals surface area contributed by atoms with E-state index in [0.29, 0.717) is 5.56 Å². The number of anilines is 2. The van der Waals surface area contributed by atoms with Crippen LogP contribution in [0, 0.1) is 49.8 Å². The number of imide groups is 2. The zero-order valence-corrected chi connectivity index (χ0v) is 21.6. The highest BCUT2D eigenvalue weighted by Crippen LogP contribution is 2.65. The molecule has 3 fully saturated rings. The lowest BCUT2D eigenvalue weighted by Gasteiger charge is -2.53. The van der Waals surface area contributed by atoms with Crippen LogP contribution in [0.3, 0.4) is 0 Å². The van der Waals surface area contributed by atoms with Gasteiger partial charge in [-0.2, -0.15) is 0 Å². The van der Waals surface area contributed by atoms with Gasteiger partial charge in [0.05, 0.1) is 44.9 Å². The van der Waals surface area contributed by atoms with Gasteiger partial charge in [0.15, 0.2) is 0 Å². The quantitative estimate of drug-likeness (QED) is 0.197. The second-order valence-corrected chi connectivity index (χ2v) is 10.8. The van der Waals surface area contributed by atoms with Crippen molar-refractivity contribution in [3.05, 3.63) is 117 Å². The van der Waals surface area contributed by atoms with E-state index in [1.54, 1.807) is 42.5 Å². The summed E-state index contributed by atoms with van der Waals surface area (Å²) in [4.78, 5) is 79.7. The van der Waals surface area contributed by atoms with E-state index in [1.165, 1.54) is 48.5 Å². The van der Waals surface area contributed by atoms with E-state index in [9.17, 15) is 39.4 Å². The van der Waals surface area contributed by atoms with Crippen molar-refractivity contribution in [3.63, 3.8) is 0 Å². The minimum Gasteiger partial charge on any atom is -0.274 e. The minimum absolute atomic E-state index is 0.169. The molecule has 2 unspecified atom stereocenters. The van der Waals surface area contributed by atoms with Gasteiger partial charge in [0.25, 0.3) is 11.4 Å². The first kappa shape index (κ1) is 25.4. The molecule has 5 aliphatic rings. The van der Waals surface area contributed by atoms with Crippen LogP contribution in [-0.2, 0) is 24.6 Å². The summed E-state index contributed by atoms with van der Waals surface area (Å²) in [6.07, 6.45) is 3.54. The van der Waals surface area contributed by atoms with Gasteiger partial charge in [-0.3, -0.25) is 39.4 Å². The van der Waals surface area contributed by atoms with E-state index in [4.69, 9.17) is 0 Å². The molecule has 0 aromatic heterocycles. The van der Waals surface area contributed by atoms with Gasteiger partial charge in [-0.1, -0.05) is 42.5 Å². The Kier molecular flexibility index (Phi) is 5.29. The topological polar surface area (TPSA) is 161 Å². The molecular formula is C30H20N4O8. The van der Waals surface area contributed by atoms with Crippen molar-refractivity contribution in [2.75, 3.05) is 9.80 Å². The fourth-order valence-corrected chi connectivity index (χ4v) is 7.43. The molecule has 6 atom stereocenters. The number of hydrogen-bond donors (Lipinski definition) is 0. The van der Waals surface area contributed by atoms with Crippen LogP contribution in [-0.4, -0.2) is 33.5 Å². The van der Waals surface area contributed by atoms with Crippen molar-refractivity contribution in [1.82, 2.24) is 0 Å². The highest BCUT2D eigenvalue weighted by atomic mass is 16.6. The van der Waals surface area contributed by atoms with Gasteiger partial charge < -0.3 is 0 Å². The van der Waals surface area contributed by atoms with Gasteiger partial charge in [-0.15, -0.1) is 0 Å². The van der Waals surface area contributed by atoms with Crippen molar-refractivity contribution in [2.24, 2.45) is 29.6 Å². The fourth-order valence-electron chi connectivity index (χ4n) is 7.43. The number of nitro benzene ring substituents is 2. The molecule has 208 valence electrons. The minimum atomic E-state index is -1.34. The molecule has 0 spiro atoms. The van der Waals surface area contributed by atoms with Crippen LogP contribution >= 0.6 is 0 Å². The predicted octanol–water partition coefficient (Wildman–Crippen LogP) is 3.55. The van der Waals surface area contributed by atoms with Crippen LogP contribution in [0.4, 0.5) is 22.7 Å². The summed E-state index contributed by atoms with van der Waals surface area (Å²) in [6.45, 7) is 0. The van der Waals surface area contributed by atoms with E-state index in [-0.39, 0.29) is 22.7 Å². The van der Waals surface area contributed by atoms with Crippen LogP contribution in [0.25, 0.3) is 0 Å². The molecule has 12 nitrogen and oxygen atoms in total. The second-order valence-electron chi connectivity index (χ2n) is 10.8. The summed E-state index contributed by atoms with van der Waals surface area (Å²) < 4.78 is 0. The lowest BCUT2D eigenvalue weighted by atomic mass is 9.45. The maximum atomic E-state index is 14.2. The largest absolute Gasteiger partial charge is 0.274 e. The zero-order chi connectivity index (χ0) is 29.5. The summed E-state index contributed by atoms with van der Waals surface area (Å²) in [6, 6.07) is 19.0. The molecule has 4 amide bonds. The highest BCUT2D eigenvalue weighted by Gasteiger charge is 2.75. The smallest absolute Gasteiger partial charge is 0.269 e. The Morgan fingerprint density at radius 1 is 0.595 bits per heavy atom. The average Bonchev–Trinajstić information content (AvgIpc) is 3.44. The summed E-state index contributed by atoms with van der Waals surface area (Å²) in [5.41, 5.74) is -0.797. The van der Waals surface area contributed by atoms with Crippen molar-refractivity contribution in [2.45, 2.75) is 5.41 Å². The maximum absolute atomic E-state index is 14.2. The number of allylic oxidation sites excluding steroid dienone is 2. The molecule has 3 aromatic rings.